The first-order valence-electron chi connectivity index (χ1n) is 7.90. The Labute approximate surface area is 144 Å². The molecule has 2 atom stereocenters. The fourth-order valence-corrected chi connectivity index (χ4v) is 3.75. The highest BCUT2D eigenvalue weighted by Crippen LogP contribution is 2.23. The molecule has 3 rings (SSSR count). The summed E-state index contributed by atoms with van der Waals surface area (Å²) in [5.41, 5.74) is 2.40. The molecule has 1 fully saturated rings. The lowest BCUT2D eigenvalue weighted by molar-refractivity contribution is 0.0745. The third-order valence-corrected chi connectivity index (χ3v) is 5.18. The monoisotopic (exact) mass is 351 g/mol. The molecule has 1 aliphatic heterocycles. The second-order valence-corrected chi connectivity index (χ2v) is 6.74. The van der Waals surface area contributed by atoms with Gasteiger partial charge < -0.3 is 14.4 Å². The van der Waals surface area contributed by atoms with Gasteiger partial charge in [0.15, 0.2) is 0 Å². The van der Waals surface area contributed by atoms with Crippen molar-refractivity contribution in [3.63, 3.8) is 0 Å². The number of aliphatic hydroxyl groups is 1. The number of hydrogen-bond acceptors (Lipinski definition) is 8. The van der Waals surface area contributed by atoms with Gasteiger partial charge in [-0.25, -0.2) is 4.98 Å². The van der Waals surface area contributed by atoms with Gasteiger partial charge in [0, 0.05) is 20.0 Å². The van der Waals surface area contributed by atoms with Crippen LogP contribution in [-0.4, -0.2) is 67.8 Å². The van der Waals surface area contributed by atoms with Gasteiger partial charge in [-0.2, -0.15) is 0 Å². The molecule has 1 amide bonds. The molecule has 1 N–H and O–H groups in total. The summed E-state index contributed by atoms with van der Waals surface area (Å²) in [5.74, 6) is 0.969. The van der Waals surface area contributed by atoms with Crippen molar-refractivity contribution < 1.29 is 14.3 Å². The molecule has 24 heavy (non-hydrogen) atoms. The number of carbonyl (C=O) groups excluding carboxylic acids is 1. The SMILES string of the molecule is CCN(Cc1nnc(C)o1)[C@@H]1CN(C(=O)c2scnc2C)C[C@H]1O. The molecule has 130 valence electrons. The molecule has 0 saturated carbocycles. The molecular formula is C15H21N5O3S. The first-order chi connectivity index (χ1) is 11.5. The third-order valence-electron chi connectivity index (χ3n) is 4.27. The molecule has 2 aromatic rings. The number of rotatable bonds is 5. The van der Waals surface area contributed by atoms with E-state index in [0.29, 0.717) is 42.8 Å². The van der Waals surface area contributed by atoms with Crippen LogP contribution in [0.3, 0.4) is 0 Å². The van der Waals surface area contributed by atoms with Crippen molar-refractivity contribution in [2.75, 3.05) is 19.6 Å². The normalized spacial score (nSPS) is 21.0. The number of likely N-dealkylation sites (tertiary alicyclic amines) is 1. The lowest BCUT2D eigenvalue weighted by atomic mass is 10.2. The first-order valence-corrected chi connectivity index (χ1v) is 8.78. The van der Waals surface area contributed by atoms with Crippen LogP contribution in [0.1, 0.15) is 34.1 Å². The van der Waals surface area contributed by atoms with E-state index in [0.717, 1.165) is 5.69 Å². The Bertz CT molecular complexity index is 716. The molecule has 0 aliphatic carbocycles. The van der Waals surface area contributed by atoms with E-state index >= 15 is 0 Å². The van der Waals surface area contributed by atoms with Gasteiger partial charge in [-0.1, -0.05) is 6.92 Å². The van der Waals surface area contributed by atoms with Gasteiger partial charge in [-0.15, -0.1) is 21.5 Å². The summed E-state index contributed by atoms with van der Waals surface area (Å²) in [5, 5.41) is 18.3. The van der Waals surface area contributed by atoms with E-state index in [1.807, 2.05) is 13.8 Å². The number of aliphatic hydroxyl groups excluding tert-OH is 1. The summed E-state index contributed by atoms with van der Waals surface area (Å²) in [6.07, 6.45) is -0.605. The zero-order chi connectivity index (χ0) is 17.3. The van der Waals surface area contributed by atoms with E-state index in [9.17, 15) is 9.90 Å². The van der Waals surface area contributed by atoms with Crippen molar-refractivity contribution in [1.82, 2.24) is 25.0 Å². The van der Waals surface area contributed by atoms with Crippen molar-refractivity contribution in [3.05, 3.63) is 27.9 Å². The molecular weight excluding hydrogens is 330 g/mol. The Morgan fingerprint density at radius 3 is 2.83 bits per heavy atom. The smallest absolute Gasteiger partial charge is 0.265 e. The standard InChI is InChI=1S/C15H21N5O3S/c1-4-19(7-13-18-17-10(3)23-13)11-5-20(6-12(11)21)15(22)14-9(2)16-8-24-14/h8,11-12,21H,4-7H2,1-3H3/t11-,12-/m1/s1. The van der Waals surface area contributed by atoms with Gasteiger partial charge in [0.25, 0.3) is 5.91 Å². The number of aryl methyl sites for hydroxylation is 2. The van der Waals surface area contributed by atoms with E-state index in [-0.39, 0.29) is 11.9 Å². The molecule has 1 saturated heterocycles. The number of thiazole rings is 1. The fourth-order valence-electron chi connectivity index (χ4n) is 2.98. The summed E-state index contributed by atoms with van der Waals surface area (Å²) in [6, 6.07) is -0.153. The zero-order valence-corrected chi connectivity index (χ0v) is 14.8. The zero-order valence-electron chi connectivity index (χ0n) is 14.0. The largest absolute Gasteiger partial charge is 0.424 e. The fraction of sp³-hybridized carbons (Fsp3) is 0.600. The number of nitrogens with zero attached hydrogens (tertiary/aromatic N) is 5. The van der Waals surface area contributed by atoms with Crippen molar-refractivity contribution in [2.24, 2.45) is 0 Å². The average Bonchev–Trinajstić information content (AvgIpc) is 3.25. The summed E-state index contributed by atoms with van der Waals surface area (Å²) in [4.78, 5) is 21.1. The molecule has 0 aromatic carbocycles. The second kappa shape index (κ2) is 6.96. The lowest BCUT2D eigenvalue weighted by Crippen LogP contribution is -2.43. The maximum atomic E-state index is 12.6. The number of likely N-dealkylation sites (N-methyl/N-ethyl adjacent to an activating group) is 1. The maximum absolute atomic E-state index is 12.6. The van der Waals surface area contributed by atoms with E-state index in [4.69, 9.17) is 4.42 Å². The van der Waals surface area contributed by atoms with Crippen LogP contribution in [0.4, 0.5) is 0 Å². The van der Waals surface area contributed by atoms with Gasteiger partial charge >= 0.3 is 0 Å². The van der Waals surface area contributed by atoms with Crippen LogP contribution < -0.4 is 0 Å². The Morgan fingerprint density at radius 1 is 1.46 bits per heavy atom. The quantitative estimate of drug-likeness (QED) is 0.853. The molecule has 0 radical (unpaired) electrons. The molecule has 0 bridgehead atoms. The van der Waals surface area contributed by atoms with Gasteiger partial charge in [0.1, 0.15) is 4.88 Å². The van der Waals surface area contributed by atoms with Crippen molar-refractivity contribution in [3.8, 4) is 0 Å². The average molecular weight is 351 g/mol. The summed E-state index contributed by atoms with van der Waals surface area (Å²) in [6.45, 7) is 7.54. The Morgan fingerprint density at radius 2 is 2.25 bits per heavy atom. The van der Waals surface area contributed by atoms with Crippen LogP contribution >= 0.6 is 11.3 Å². The van der Waals surface area contributed by atoms with Crippen LogP contribution in [0.15, 0.2) is 9.93 Å². The third kappa shape index (κ3) is 3.33. The van der Waals surface area contributed by atoms with Gasteiger partial charge in [-0.3, -0.25) is 9.69 Å². The molecule has 1 aliphatic rings. The predicted molar refractivity (Wildman–Crippen MR) is 87.7 cm³/mol. The summed E-state index contributed by atoms with van der Waals surface area (Å²) in [7, 11) is 0. The van der Waals surface area contributed by atoms with Crippen LogP contribution in [0, 0.1) is 13.8 Å². The second-order valence-electron chi connectivity index (χ2n) is 5.89. The minimum Gasteiger partial charge on any atom is -0.424 e. The highest BCUT2D eigenvalue weighted by atomic mass is 32.1. The number of amides is 1. The molecule has 0 spiro atoms. The Balaban J connectivity index is 1.70. The number of carbonyl (C=O) groups is 1. The molecule has 9 heteroatoms. The number of aromatic nitrogens is 3. The van der Waals surface area contributed by atoms with Gasteiger partial charge in [0.2, 0.25) is 11.8 Å². The molecule has 0 unspecified atom stereocenters. The van der Waals surface area contributed by atoms with Crippen molar-refractivity contribution >= 4 is 17.2 Å². The maximum Gasteiger partial charge on any atom is 0.265 e. The number of β-amino-alcohol motifs (C(OH)–C–C–N with tert-alkyl or cyclic N) is 1. The van der Waals surface area contributed by atoms with E-state index in [1.165, 1.54) is 11.3 Å². The van der Waals surface area contributed by atoms with Crippen molar-refractivity contribution in [1.29, 1.82) is 0 Å². The van der Waals surface area contributed by atoms with Crippen molar-refractivity contribution in [2.45, 2.75) is 39.5 Å². The van der Waals surface area contributed by atoms with Gasteiger partial charge in [0.05, 0.1) is 29.9 Å². The van der Waals surface area contributed by atoms with Crippen LogP contribution in [0.25, 0.3) is 0 Å². The lowest BCUT2D eigenvalue weighted by Gasteiger charge is -2.27. The van der Waals surface area contributed by atoms with E-state index in [2.05, 4.69) is 20.1 Å². The molecule has 8 nitrogen and oxygen atoms in total. The Hall–Kier alpha value is -1.84. The highest BCUT2D eigenvalue weighted by Gasteiger charge is 2.38. The topological polar surface area (TPSA) is 95.6 Å². The highest BCUT2D eigenvalue weighted by molar-refractivity contribution is 7.11. The summed E-state index contributed by atoms with van der Waals surface area (Å²) < 4.78 is 5.43. The first kappa shape index (κ1) is 17.0. The van der Waals surface area contributed by atoms with Crippen LogP contribution in [-0.2, 0) is 6.54 Å². The summed E-state index contributed by atoms with van der Waals surface area (Å²) >= 11 is 1.34. The van der Waals surface area contributed by atoms with Crippen LogP contribution in [0.5, 0.6) is 0 Å². The molecule has 2 aromatic heterocycles. The molecule has 3 heterocycles. The Kier molecular flexibility index (Phi) is 4.93. The van der Waals surface area contributed by atoms with E-state index < -0.39 is 6.10 Å². The predicted octanol–water partition coefficient (Wildman–Crippen LogP) is 0.850. The van der Waals surface area contributed by atoms with E-state index in [1.54, 1.807) is 17.3 Å². The van der Waals surface area contributed by atoms with Gasteiger partial charge in [-0.05, 0) is 13.5 Å². The van der Waals surface area contributed by atoms with Crippen LogP contribution in [0.2, 0.25) is 0 Å². The minimum absolute atomic E-state index is 0.0683. The minimum atomic E-state index is -0.605. The number of hydrogen-bond donors (Lipinski definition) is 1.